The summed E-state index contributed by atoms with van der Waals surface area (Å²) >= 11 is 1.92. The number of thioether (sulfide) groups is 1. The van der Waals surface area contributed by atoms with E-state index in [0.29, 0.717) is 16.9 Å². The van der Waals surface area contributed by atoms with E-state index in [9.17, 15) is 4.39 Å². The number of nitrogens with one attached hydrogen (secondary N) is 1. The second-order valence-corrected chi connectivity index (χ2v) is 6.36. The Bertz CT molecular complexity index is 476. The van der Waals surface area contributed by atoms with Crippen molar-refractivity contribution < 1.29 is 4.39 Å². The summed E-state index contributed by atoms with van der Waals surface area (Å²) in [5, 5.41) is 12.2. The number of halogens is 1. The van der Waals surface area contributed by atoms with E-state index >= 15 is 0 Å². The van der Waals surface area contributed by atoms with Gasteiger partial charge in [0, 0.05) is 23.4 Å². The van der Waals surface area contributed by atoms with Crippen LogP contribution >= 0.6 is 11.8 Å². The molecule has 0 unspecified atom stereocenters. The van der Waals surface area contributed by atoms with Crippen molar-refractivity contribution in [3.63, 3.8) is 0 Å². The number of nitrogens with zero attached hydrogens (tertiary/aromatic N) is 1. The Balaban J connectivity index is 1.94. The molecule has 2 nitrogen and oxygen atoms in total. The zero-order chi connectivity index (χ0) is 13.7. The number of hydrogen-bond donors (Lipinski definition) is 1. The maximum absolute atomic E-state index is 13.9. The molecule has 0 spiro atoms. The van der Waals surface area contributed by atoms with Crippen LogP contribution in [0.4, 0.5) is 4.39 Å². The summed E-state index contributed by atoms with van der Waals surface area (Å²) in [5.41, 5.74) is 0.702. The van der Waals surface area contributed by atoms with Gasteiger partial charge in [0.1, 0.15) is 11.9 Å². The maximum Gasteiger partial charge on any atom is 0.145 e. The van der Waals surface area contributed by atoms with E-state index in [2.05, 4.69) is 11.6 Å². The van der Waals surface area contributed by atoms with Gasteiger partial charge in [0.2, 0.25) is 0 Å². The minimum absolute atomic E-state index is 0.125. The van der Waals surface area contributed by atoms with Crippen molar-refractivity contribution in [1.29, 1.82) is 5.26 Å². The van der Waals surface area contributed by atoms with Gasteiger partial charge in [-0.3, -0.25) is 0 Å². The lowest BCUT2D eigenvalue weighted by atomic mass is 10.1. The predicted octanol–water partition coefficient (Wildman–Crippen LogP) is 3.46. The molecule has 1 aromatic rings. The maximum atomic E-state index is 13.9. The van der Waals surface area contributed by atoms with Crippen LogP contribution in [0.1, 0.15) is 36.8 Å². The molecule has 0 aliphatic heterocycles. The number of rotatable bonds is 5. The molecule has 1 aliphatic rings. The van der Waals surface area contributed by atoms with Crippen LogP contribution in [0.3, 0.4) is 0 Å². The summed E-state index contributed by atoms with van der Waals surface area (Å²) in [6.07, 6.45) is 7.22. The minimum atomic E-state index is -0.387. The Kier molecular flexibility index (Phi) is 4.84. The van der Waals surface area contributed by atoms with Gasteiger partial charge in [0.05, 0.1) is 5.56 Å². The van der Waals surface area contributed by atoms with Crippen molar-refractivity contribution in [2.75, 3.05) is 12.8 Å². The zero-order valence-electron chi connectivity index (χ0n) is 11.2. The van der Waals surface area contributed by atoms with Crippen LogP contribution < -0.4 is 5.32 Å². The highest BCUT2D eigenvalue weighted by Crippen LogP contribution is 2.39. The minimum Gasteiger partial charge on any atom is -0.311 e. The molecule has 1 aliphatic carbocycles. The van der Waals surface area contributed by atoms with Crippen LogP contribution in [-0.4, -0.2) is 17.5 Å². The van der Waals surface area contributed by atoms with Crippen LogP contribution in [0.5, 0.6) is 0 Å². The fourth-order valence-electron chi connectivity index (χ4n) is 2.70. The van der Waals surface area contributed by atoms with E-state index in [1.165, 1.54) is 31.7 Å². The molecular weight excluding hydrogens is 259 g/mol. The SMILES string of the molecule is CSC1(CNCc2cccc(C#N)c2F)CCCC1. The van der Waals surface area contributed by atoms with Crippen LogP contribution in [0.15, 0.2) is 18.2 Å². The van der Waals surface area contributed by atoms with Crippen molar-refractivity contribution in [3.8, 4) is 6.07 Å². The average molecular weight is 278 g/mol. The summed E-state index contributed by atoms with van der Waals surface area (Å²) < 4.78 is 14.2. The van der Waals surface area contributed by atoms with Gasteiger partial charge < -0.3 is 5.32 Å². The first-order valence-corrected chi connectivity index (χ1v) is 7.87. The highest BCUT2D eigenvalue weighted by molar-refractivity contribution is 8.00. The Morgan fingerprint density at radius 1 is 1.42 bits per heavy atom. The molecule has 2 rings (SSSR count). The molecule has 0 heterocycles. The molecule has 1 aromatic carbocycles. The third-order valence-corrected chi connectivity index (χ3v) is 5.33. The highest BCUT2D eigenvalue weighted by atomic mass is 32.2. The second-order valence-electron chi connectivity index (χ2n) is 5.09. The summed E-state index contributed by atoms with van der Waals surface area (Å²) in [7, 11) is 0. The van der Waals surface area contributed by atoms with Gasteiger partial charge in [0.25, 0.3) is 0 Å². The van der Waals surface area contributed by atoms with Gasteiger partial charge in [-0.25, -0.2) is 4.39 Å². The van der Waals surface area contributed by atoms with Crippen molar-refractivity contribution in [2.45, 2.75) is 37.0 Å². The third-order valence-electron chi connectivity index (χ3n) is 3.91. The molecule has 1 fully saturated rings. The summed E-state index contributed by atoms with van der Waals surface area (Å²) in [6, 6.07) is 6.87. The van der Waals surface area contributed by atoms with Gasteiger partial charge in [-0.05, 0) is 25.2 Å². The van der Waals surface area contributed by atoms with Crippen molar-refractivity contribution in [3.05, 3.63) is 35.1 Å². The smallest absolute Gasteiger partial charge is 0.145 e. The topological polar surface area (TPSA) is 35.8 Å². The lowest BCUT2D eigenvalue weighted by molar-refractivity contribution is 0.521. The molecule has 0 amide bonds. The van der Waals surface area contributed by atoms with E-state index in [0.717, 1.165) is 6.54 Å². The van der Waals surface area contributed by atoms with Gasteiger partial charge in [-0.15, -0.1) is 0 Å². The zero-order valence-corrected chi connectivity index (χ0v) is 12.0. The van der Waals surface area contributed by atoms with Crippen molar-refractivity contribution in [1.82, 2.24) is 5.32 Å². The van der Waals surface area contributed by atoms with E-state index < -0.39 is 0 Å². The molecule has 0 atom stereocenters. The Labute approximate surface area is 118 Å². The molecule has 1 N–H and O–H groups in total. The first-order valence-electron chi connectivity index (χ1n) is 6.64. The Hall–Kier alpha value is -1.05. The van der Waals surface area contributed by atoms with Gasteiger partial charge in [-0.1, -0.05) is 25.0 Å². The van der Waals surface area contributed by atoms with Crippen LogP contribution in [-0.2, 0) is 6.54 Å². The average Bonchev–Trinajstić information content (AvgIpc) is 2.90. The van der Waals surface area contributed by atoms with Crippen molar-refractivity contribution >= 4 is 11.8 Å². The second kappa shape index (κ2) is 6.40. The van der Waals surface area contributed by atoms with Gasteiger partial charge in [-0.2, -0.15) is 17.0 Å². The molecule has 1 saturated carbocycles. The molecule has 102 valence electrons. The molecule has 19 heavy (non-hydrogen) atoms. The highest BCUT2D eigenvalue weighted by Gasteiger charge is 2.32. The van der Waals surface area contributed by atoms with Crippen molar-refractivity contribution in [2.24, 2.45) is 0 Å². The van der Waals surface area contributed by atoms with E-state index in [1.54, 1.807) is 12.1 Å². The standard InChI is InChI=1S/C15H19FN2S/c1-19-15(7-2-3-8-15)11-18-10-13-6-4-5-12(9-17)14(13)16/h4-6,18H,2-3,7-8,10-11H2,1H3. The molecule has 4 heteroatoms. The summed E-state index contributed by atoms with van der Waals surface area (Å²) in [6.45, 7) is 1.40. The molecule has 0 bridgehead atoms. The van der Waals surface area contributed by atoms with Crippen LogP contribution in [0, 0.1) is 17.1 Å². The first-order chi connectivity index (χ1) is 9.21. The van der Waals surface area contributed by atoms with Gasteiger partial charge >= 0.3 is 0 Å². The Morgan fingerprint density at radius 3 is 2.79 bits per heavy atom. The number of nitriles is 1. The van der Waals surface area contributed by atoms with Crippen LogP contribution in [0.2, 0.25) is 0 Å². The predicted molar refractivity (Wildman–Crippen MR) is 77.5 cm³/mol. The third kappa shape index (κ3) is 3.29. The first kappa shape index (κ1) is 14.4. The molecular formula is C15H19FN2S. The quantitative estimate of drug-likeness (QED) is 0.896. The number of benzene rings is 1. The number of hydrogen-bond acceptors (Lipinski definition) is 3. The van der Waals surface area contributed by atoms with E-state index in [-0.39, 0.29) is 11.4 Å². The fraction of sp³-hybridized carbons (Fsp3) is 0.533. The molecule has 0 saturated heterocycles. The van der Waals surface area contributed by atoms with E-state index in [1.807, 2.05) is 17.8 Å². The normalized spacial score (nSPS) is 17.3. The van der Waals surface area contributed by atoms with Crippen LogP contribution in [0.25, 0.3) is 0 Å². The monoisotopic (exact) mass is 278 g/mol. The Morgan fingerprint density at radius 2 is 2.16 bits per heavy atom. The lowest BCUT2D eigenvalue weighted by Crippen LogP contribution is -2.34. The van der Waals surface area contributed by atoms with Gasteiger partial charge in [0.15, 0.2) is 0 Å². The van der Waals surface area contributed by atoms with E-state index in [4.69, 9.17) is 5.26 Å². The lowest BCUT2D eigenvalue weighted by Gasteiger charge is -2.27. The largest absolute Gasteiger partial charge is 0.311 e. The fourth-order valence-corrected chi connectivity index (χ4v) is 3.64. The molecule has 0 aromatic heterocycles. The summed E-state index contributed by atoms with van der Waals surface area (Å²) in [4.78, 5) is 0. The molecule has 0 radical (unpaired) electrons. The summed E-state index contributed by atoms with van der Waals surface area (Å²) in [5.74, 6) is -0.387.